The van der Waals surface area contributed by atoms with Gasteiger partial charge in [-0.15, -0.1) is 14.8 Å². The molecule has 108 valence electrons. The van der Waals surface area contributed by atoms with Gasteiger partial charge in [-0.25, -0.2) is 0 Å². The molecule has 1 atom stereocenters. The van der Waals surface area contributed by atoms with E-state index in [1.165, 1.54) is 21.0 Å². The van der Waals surface area contributed by atoms with Crippen LogP contribution in [0.15, 0.2) is 54.6 Å². The molecule has 1 N–H and O–H groups in total. The third-order valence-electron chi connectivity index (χ3n) is 3.72. The van der Waals surface area contributed by atoms with Crippen molar-refractivity contribution < 1.29 is 0 Å². The van der Waals surface area contributed by atoms with E-state index in [9.17, 15) is 0 Å². The Morgan fingerprint density at radius 3 is 2.82 bits per heavy atom. The lowest BCUT2D eigenvalue weighted by Gasteiger charge is -2.17. The predicted molar refractivity (Wildman–Crippen MR) is 84.6 cm³/mol. The summed E-state index contributed by atoms with van der Waals surface area (Å²) in [5.41, 5.74) is 1.86. The van der Waals surface area contributed by atoms with Gasteiger partial charge in [-0.3, -0.25) is 0 Å². The normalized spacial score (nSPS) is 12.6. The molecular formula is C16H14N6. The van der Waals surface area contributed by atoms with Crippen molar-refractivity contribution in [3.05, 3.63) is 60.2 Å². The minimum atomic E-state index is 0.118. The lowest BCUT2D eigenvalue weighted by Crippen LogP contribution is -2.10. The molecule has 4 aromatic rings. The van der Waals surface area contributed by atoms with Crippen molar-refractivity contribution in [1.82, 2.24) is 25.3 Å². The lowest BCUT2D eigenvalue weighted by molar-refractivity contribution is 0.728. The Morgan fingerprint density at radius 1 is 1.00 bits per heavy atom. The molecule has 6 nitrogen and oxygen atoms in total. The first-order valence-electron chi connectivity index (χ1n) is 7.11. The Kier molecular flexibility index (Phi) is 2.93. The maximum atomic E-state index is 4.35. The second-order valence-electron chi connectivity index (χ2n) is 5.18. The molecule has 0 radical (unpaired) electrons. The molecule has 2 aromatic carbocycles. The number of anilines is 1. The summed E-state index contributed by atoms with van der Waals surface area (Å²) in [6.07, 6.45) is 0. The van der Waals surface area contributed by atoms with E-state index in [1.807, 2.05) is 12.1 Å². The zero-order chi connectivity index (χ0) is 14.9. The maximum Gasteiger partial charge on any atom is 0.200 e. The largest absolute Gasteiger partial charge is 0.362 e. The number of aromatic nitrogens is 5. The van der Waals surface area contributed by atoms with Crippen LogP contribution in [-0.2, 0) is 0 Å². The van der Waals surface area contributed by atoms with Crippen LogP contribution < -0.4 is 5.32 Å². The lowest BCUT2D eigenvalue weighted by atomic mass is 10.00. The Bertz CT molecular complexity index is 940. The second-order valence-corrected chi connectivity index (χ2v) is 5.18. The van der Waals surface area contributed by atoms with Crippen LogP contribution in [0.4, 0.5) is 5.82 Å². The van der Waals surface area contributed by atoms with Crippen LogP contribution in [-0.4, -0.2) is 25.3 Å². The van der Waals surface area contributed by atoms with Gasteiger partial charge in [0, 0.05) is 0 Å². The maximum absolute atomic E-state index is 4.35. The fourth-order valence-electron chi connectivity index (χ4n) is 2.65. The van der Waals surface area contributed by atoms with Crippen molar-refractivity contribution in [2.75, 3.05) is 5.32 Å². The first-order chi connectivity index (χ1) is 10.8. The van der Waals surface area contributed by atoms with Gasteiger partial charge < -0.3 is 5.32 Å². The monoisotopic (exact) mass is 290 g/mol. The topological polar surface area (TPSA) is 68.0 Å². The summed E-state index contributed by atoms with van der Waals surface area (Å²) < 4.78 is 1.41. The average Bonchev–Trinajstić information content (AvgIpc) is 3.02. The second kappa shape index (κ2) is 5.07. The molecule has 22 heavy (non-hydrogen) atoms. The highest BCUT2D eigenvalue weighted by atomic mass is 15.6. The standard InChI is InChI=1S/C16H14N6/c1-11(13-8-4-6-12-5-2-3-7-14(12)13)17-15-9-10-16-18-20-21-22(16)19-15/h2-11H,1H3,(H,17,19)/t11-/m0/s1. The number of nitrogens with one attached hydrogen (secondary N) is 1. The van der Waals surface area contributed by atoms with E-state index in [2.05, 4.69) is 75.3 Å². The molecule has 2 aromatic heterocycles. The molecule has 0 saturated heterocycles. The third kappa shape index (κ3) is 2.14. The van der Waals surface area contributed by atoms with Crippen LogP contribution in [0.2, 0.25) is 0 Å². The number of fused-ring (bicyclic) bond motifs is 2. The highest BCUT2D eigenvalue weighted by Gasteiger charge is 2.10. The summed E-state index contributed by atoms with van der Waals surface area (Å²) in [4.78, 5) is 0. The molecule has 2 heterocycles. The minimum Gasteiger partial charge on any atom is -0.362 e. The molecule has 0 unspecified atom stereocenters. The van der Waals surface area contributed by atoms with Gasteiger partial charge in [0.1, 0.15) is 5.82 Å². The van der Waals surface area contributed by atoms with Crippen molar-refractivity contribution in [3.63, 3.8) is 0 Å². The van der Waals surface area contributed by atoms with Gasteiger partial charge in [-0.2, -0.15) is 0 Å². The van der Waals surface area contributed by atoms with Crippen molar-refractivity contribution in [3.8, 4) is 0 Å². The summed E-state index contributed by atoms with van der Waals surface area (Å²) >= 11 is 0. The van der Waals surface area contributed by atoms with Gasteiger partial charge >= 0.3 is 0 Å². The molecule has 4 rings (SSSR count). The summed E-state index contributed by atoms with van der Waals surface area (Å²) in [6.45, 7) is 2.12. The van der Waals surface area contributed by atoms with Gasteiger partial charge in [-0.05, 0) is 45.8 Å². The number of hydrogen-bond acceptors (Lipinski definition) is 5. The molecular weight excluding hydrogens is 276 g/mol. The highest BCUT2D eigenvalue weighted by Crippen LogP contribution is 2.26. The van der Waals surface area contributed by atoms with Gasteiger partial charge in [0.2, 0.25) is 0 Å². The zero-order valence-electron chi connectivity index (χ0n) is 12.0. The molecule has 0 saturated carbocycles. The molecule has 0 aliphatic carbocycles. The quantitative estimate of drug-likeness (QED) is 0.628. The molecule has 0 amide bonds. The van der Waals surface area contributed by atoms with Gasteiger partial charge in [0.05, 0.1) is 6.04 Å². The zero-order valence-corrected chi connectivity index (χ0v) is 12.0. The summed E-state index contributed by atoms with van der Waals surface area (Å²) in [5, 5.41) is 21.5. The smallest absolute Gasteiger partial charge is 0.200 e. The van der Waals surface area contributed by atoms with Gasteiger partial charge in [-0.1, -0.05) is 42.5 Å². The van der Waals surface area contributed by atoms with E-state index in [4.69, 9.17) is 0 Å². The van der Waals surface area contributed by atoms with E-state index >= 15 is 0 Å². The number of benzene rings is 2. The summed E-state index contributed by atoms with van der Waals surface area (Å²) in [7, 11) is 0. The van der Waals surface area contributed by atoms with Crippen LogP contribution in [0.25, 0.3) is 16.4 Å². The average molecular weight is 290 g/mol. The van der Waals surface area contributed by atoms with Crippen LogP contribution in [0.1, 0.15) is 18.5 Å². The molecule has 0 spiro atoms. The van der Waals surface area contributed by atoms with Crippen LogP contribution >= 0.6 is 0 Å². The number of nitrogens with zero attached hydrogens (tertiary/aromatic N) is 5. The highest BCUT2D eigenvalue weighted by molar-refractivity contribution is 5.86. The van der Waals surface area contributed by atoms with Crippen molar-refractivity contribution >= 4 is 22.2 Å². The van der Waals surface area contributed by atoms with E-state index < -0.39 is 0 Å². The van der Waals surface area contributed by atoms with Crippen molar-refractivity contribution in [1.29, 1.82) is 0 Å². The van der Waals surface area contributed by atoms with Crippen LogP contribution in [0.5, 0.6) is 0 Å². The molecule has 0 aliphatic heterocycles. The molecule has 0 aliphatic rings. The van der Waals surface area contributed by atoms with Gasteiger partial charge in [0.25, 0.3) is 0 Å². The molecule has 0 bridgehead atoms. The fourth-order valence-corrected chi connectivity index (χ4v) is 2.65. The summed E-state index contributed by atoms with van der Waals surface area (Å²) in [6, 6.07) is 18.5. The van der Waals surface area contributed by atoms with Gasteiger partial charge in [0.15, 0.2) is 5.65 Å². The number of rotatable bonds is 3. The first-order valence-corrected chi connectivity index (χ1v) is 7.11. The van der Waals surface area contributed by atoms with E-state index in [-0.39, 0.29) is 6.04 Å². The minimum absolute atomic E-state index is 0.118. The van der Waals surface area contributed by atoms with E-state index in [0.29, 0.717) is 5.65 Å². The van der Waals surface area contributed by atoms with E-state index in [0.717, 1.165) is 5.82 Å². The Labute approximate surface area is 126 Å². The van der Waals surface area contributed by atoms with Crippen LogP contribution in [0.3, 0.4) is 0 Å². The fraction of sp³-hybridized carbons (Fsp3) is 0.125. The summed E-state index contributed by atoms with van der Waals surface area (Å²) in [5.74, 6) is 0.736. The Hall–Kier alpha value is -3.02. The number of tetrazole rings is 1. The third-order valence-corrected chi connectivity index (χ3v) is 3.72. The number of hydrogen-bond donors (Lipinski definition) is 1. The Balaban J connectivity index is 1.69. The van der Waals surface area contributed by atoms with Crippen LogP contribution in [0, 0.1) is 0 Å². The van der Waals surface area contributed by atoms with Crippen molar-refractivity contribution in [2.24, 2.45) is 0 Å². The first kappa shape index (κ1) is 12.7. The molecule has 0 fully saturated rings. The SMILES string of the molecule is C[C@H](Nc1ccc2nnnn2n1)c1cccc2ccccc12. The molecule has 6 heteroatoms. The Morgan fingerprint density at radius 2 is 1.86 bits per heavy atom. The predicted octanol–water partition coefficient (Wildman–Crippen LogP) is 2.85. The van der Waals surface area contributed by atoms with Crippen molar-refractivity contribution in [2.45, 2.75) is 13.0 Å². The van der Waals surface area contributed by atoms with E-state index in [1.54, 1.807) is 0 Å².